The van der Waals surface area contributed by atoms with Gasteiger partial charge in [0.2, 0.25) is 0 Å². The van der Waals surface area contributed by atoms with E-state index in [0.717, 1.165) is 23.4 Å². The molecule has 0 unspecified atom stereocenters. The highest BCUT2D eigenvalue weighted by Crippen LogP contribution is 2.20. The predicted molar refractivity (Wildman–Crippen MR) is 93.8 cm³/mol. The predicted octanol–water partition coefficient (Wildman–Crippen LogP) is 2.52. The lowest BCUT2D eigenvalue weighted by molar-refractivity contribution is 0.102. The molecule has 2 heterocycles. The number of anilines is 3. The van der Waals surface area contributed by atoms with Crippen LogP contribution in [-0.2, 0) is 4.74 Å². The minimum Gasteiger partial charge on any atom is -0.398 e. The molecular formula is C16H17BrN4O2. The van der Waals surface area contributed by atoms with Crippen molar-refractivity contribution in [3.8, 4) is 0 Å². The van der Waals surface area contributed by atoms with Crippen molar-refractivity contribution >= 4 is 39.0 Å². The number of hydrogen-bond acceptors (Lipinski definition) is 5. The largest absolute Gasteiger partial charge is 0.398 e. The van der Waals surface area contributed by atoms with Gasteiger partial charge >= 0.3 is 0 Å². The molecule has 0 radical (unpaired) electrons. The van der Waals surface area contributed by atoms with Crippen molar-refractivity contribution in [2.45, 2.75) is 0 Å². The Kier molecular flexibility index (Phi) is 4.78. The number of nitrogen functional groups attached to an aromatic ring is 1. The lowest BCUT2D eigenvalue weighted by Gasteiger charge is -2.27. The Labute approximate surface area is 142 Å². The van der Waals surface area contributed by atoms with Crippen LogP contribution in [-0.4, -0.2) is 37.2 Å². The molecule has 3 rings (SSSR count). The number of amides is 1. The number of nitrogens with zero attached hydrogens (tertiary/aromatic N) is 2. The highest BCUT2D eigenvalue weighted by Gasteiger charge is 2.13. The quantitative estimate of drug-likeness (QED) is 0.804. The van der Waals surface area contributed by atoms with E-state index in [2.05, 4.69) is 31.1 Å². The highest BCUT2D eigenvalue weighted by atomic mass is 79.9. The maximum Gasteiger partial charge on any atom is 0.257 e. The Hall–Kier alpha value is -2.12. The minimum atomic E-state index is -0.254. The van der Waals surface area contributed by atoms with Crippen LogP contribution in [0.15, 0.2) is 41.0 Å². The number of pyridine rings is 1. The van der Waals surface area contributed by atoms with Crippen molar-refractivity contribution < 1.29 is 9.53 Å². The maximum atomic E-state index is 12.3. The number of morpholine rings is 1. The molecule has 1 fully saturated rings. The number of halogens is 1. The average Bonchev–Trinajstić information content (AvgIpc) is 2.56. The number of rotatable bonds is 3. The van der Waals surface area contributed by atoms with Gasteiger partial charge in [0.15, 0.2) is 0 Å². The van der Waals surface area contributed by atoms with Crippen molar-refractivity contribution in [3.63, 3.8) is 0 Å². The van der Waals surface area contributed by atoms with Crippen LogP contribution in [0.4, 0.5) is 17.2 Å². The van der Waals surface area contributed by atoms with Crippen LogP contribution in [0.5, 0.6) is 0 Å². The van der Waals surface area contributed by atoms with Crippen LogP contribution in [0.1, 0.15) is 10.4 Å². The second-order valence-electron chi connectivity index (χ2n) is 5.19. The molecule has 0 spiro atoms. The van der Waals surface area contributed by atoms with Gasteiger partial charge in [-0.15, -0.1) is 0 Å². The fourth-order valence-electron chi connectivity index (χ4n) is 2.38. The Bertz CT molecular complexity index is 700. The van der Waals surface area contributed by atoms with Gasteiger partial charge in [0.05, 0.1) is 30.7 Å². The summed E-state index contributed by atoms with van der Waals surface area (Å²) in [6, 6.07) is 8.90. The molecule has 120 valence electrons. The zero-order valence-electron chi connectivity index (χ0n) is 12.5. The van der Waals surface area contributed by atoms with Crippen LogP contribution in [0.3, 0.4) is 0 Å². The number of nitrogens with one attached hydrogen (secondary N) is 1. The van der Waals surface area contributed by atoms with E-state index in [9.17, 15) is 4.79 Å². The number of benzene rings is 1. The second kappa shape index (κ2) is 6.97. The number of aromatic nitrogens is 1. The molecule has 0 bridgehead atoms. The monoisotopic (exact) mass is 376 g/mol. The molecule has 2 aromatic rings. The smallest absolute Gasteiger partial charge is 0.257 e. The molecule has 1 aliphatic heterocycles. The first kappa shape index (κ1) is 15.8. The van der Waals surface area contributed by atoms with E-state index < -0.39 is 0 Å². The minimum absolute atomic E-state index is 0.254. The summed E-state index contributed by atoms with van der Waals surface area (Å²) in [4.78, 5) is 18.8. The van der Waals surface area contributed by atoms with E-state index in [1.165, 1.54) is 0 Å². The van der Waals surface area contributed by atoms with Crippen LogP contribution >= 0.6 is 15.9 Å². The number of ether oxygens (including phenoxy) is 1. The van der Waals surface area contributed by atoms with Crippen LogP contribution in [0, 0.1) is 0 Å². The topological polar surface area (TPSA) is 80.5 Å². The van der Waals surface area contributed by atoms with Gasteiger partial charge in [0, 0.05) is 23.2 Å². The van der Waals surface area contributed by atoms with Crippen molar-refractivity contribution in [2.75, 3.05) is 42.3 Å². The second-order valence-corrected chi connectivity index (χ2v) is 6.11. The van der Waals surface area contributed by atoms with Crippen molar-refractivity contribution in [1.82, 2.24) is 4.98 Å². The molecule has 1 saturated heterocycles. The maximum absolute atomic E-state index is 12.3. The summed E-state index contributed by atoms with van der Waals surface area (Å²) in [5.41, 5.74) is 7.37. The Balaban J connectivity index is 1.69. The standard InChI is InChI=1S/C16H17BrN4O2/c17-11-1-3-13(14(18)9-11)16(22)20-12-2-4-15(19-10-12)21-5-7-23-8-6-21/h1-4,9-10H,5-8,18H2,(H,20,22). The number of hydrogen-bond donors (Lipinski definition) is 2. The Morgan fingerprint density at radius 3 is 2.70 bits per heavy atom. The van der Waals surface area contributed by atoms with E-state index in [4.69, 9.17) is 10.5 Å². The molecule has 3 N–H and O–H groups in total. The molecular weight excluding hydrogens is 360 g/mol. The van der Waals surface area contributed by atoms with Gasteiger partial charge in [-0.25, -0.2) is 4.98 Å². The molecule has 23 heavy (non-hydrogen) atoms. The summed E-state index contributed by atoms with van der Waals surface area (Å²) in [5.74, 6) is 0.630. The average molecular weight is 377 g/mol. The van der Waals surface area contributed by atoms with E-state index in [0.29, 0.717) is 30.2 Å². The van der Waals surface area contributed by atoms with E-state index in [1.807, 2.05) is 12.1 Å². The van der Waals surface area contributed by atoms with Crippen molar-refractivity contribution in [1.29, 1.82) is 0 Å². The Morgan fingerprint density at radius 1 is 1.26 bits per heavy atom. The van der Waals surface area contributed by atoms with Crippen molar-refractivity contribution in [2.24, 2.45) is 0 Å². The van der Waals surface area contributed by atoms with E-state index >= 15 is 0 Å². The molecule has 1 aliphatic rings. The summed E-state index contributed by atoms with van der Waals surface area (Å²) >= 11 is 3.32. The Morgan fingerprint density at radius 2 is 2.04 bits per heavy atom. The van der Waals surface area contributed by atoms with Gasteiger partial charge in [-0.3, -0.25) is 4.79 Å². The summed E-state index contributed by atoms with van der Waals surface area (Å²) in [5, 5.41) is 2.81. The lowest BCUT2D eigenvalue weighted by Crippen LogP contribution is -2.36. The fourth-order valence-corrected chi connectivity index (χ4v) is 2.76. The zero-order valence-corrected chi connectivity index (χ0v) is 14.0. The lowest BCUT2D eigenvalue weighted by atomic mass is 10.1. The summed E-state index contributed by atoms with van der Waals surface area (Å²) in [6.45, 7) is 3.08. The van der Waals surface area contributed by atoms with Gasteiger partial charge in [0.1, 0.15) is 5.82 Å². The summed E-state index contributed by atoms with van der Waals surface area (Å²) in [6.07, 6.45) is 1.65. The molecule has 1 amide bonds. The number of nitrogens with two attached hydrogens (primary N) is 1. The van der Waals surface area contributed by atoms with Gasteiger partial charge in [-0.05, 0) is 30.3 Å². The van der Waals surface area contributed by atoms with Gasteiger partial charge in [-0.1, -0.05) is 15.9 Å². The van der Waals surface area contributed by atoms with E-state index in [1.54, 1.807) is 24.4 Å². The van der Waals surface area contributed by atoms with Crippen LogP contribution in [0.25, 0.3) is 0 Å². The number of carbonyl (C=O) groups is 1. The summed E-state index contributed by atoms with van der Waals surface area (Å²) < 4.78 is 6.16. The molecule has 1 aromatic heterocycles. The molecule has 7 heteroatoms. The third-order valence-corrected chi connectivity index (χ3v) is 4.09. The van der Waals surface area contributed by atoms with Gasteiger partial charge in [0.25, 0.3) is 5.91 Å². The normalized spacial score (nSPS) is 14.6. The number of carbonyl (C=O) groups excluding carboxylic acids is 1. The van der Waals surface area contributed by atoms with Gasteiger partial charge < -0.3 is 20.7 Å². The molecule has 0 saturated carbocycles. The first-order valence-corrected chi connectivity index (χ1v) is 8.08. The molecule has 6 nitrogen and oxygen atoms in total. The molecule has 0 aliphatic carbocycles. The molecule has 1 aromatic carbocycles. The highest BCUT2D eigenvalue weighted by molar-refractivity contribution is 9.10. The summed E-state index contributed by atoms with van der Waals surface area (Å²) in [7, 11) is 0. The third kappa shape index (κ3) is 3.80. The third-order valence-electron chi connectivity index (χ3n) is 3.60. The van der Waals surface area contributed by atoms with E-state index in [-0.39, 0.29) is 5.91 Å². The SMILES string of the molecule is Nc1cc(Br)ccc1C(=O)Nc1ccc(N2CCOCC2)nc1. The fraction of sp³-hybridized carbons (Fsp3) is 0.250. The zero-order chi connectivity index (χ0) is 16.2. The van der Waals surface area contributed by atoms with Crippen LogP contribution < -0.4 is 16.0 Å². The molecule has 0 atom stereocenters. The van der Waals surface area contributed by atoms with Gasteiger partial charge in [-0.2, -0.15) is 0 Å². The van der Waals surface area contributed by atoms with Crippen LogP contribution in [0.2, 0.25) is 0 Å². The van der Waals surface area contributed by atoms with Crippen molar-refractivity contribution in [3.05, 3.63) is 46.6 Å². The first-order valence-electron chi connectivity index (χ1n) is 7.28. The first-order chi connectivity index (χ1) is 11.1.